The number of ketones is 1. The molecule has 1 rings (SSSR count). The molecule has 0 saturated heterocycles. The maximum atomic E-state index is 11.1. The number of carbonyl (C=O) groups is 1. The Hall–Kier alpha value is -0.330. The predicted molar refractivity (Wildman–Crippen MR) is 64.8 cm³/mol. The largest absolute Gasteiger partial charge is 0.300 e. The molecule has 0 N–H and O–H groups in total. The van der Waals surface area contributed by atoms with Crippen molar-refractivity contribution < 1.29 is 4.79 Å². The summed E-state index contributed by atoms with van der Waals surface area (Å²) in [6.45, 7) is 8.82. The van der Waals surface area contributed by atoms with Gasteiger partial charge in [0.25, 0.3) is 0 Å². The van der Waals surface area contributed by atoms with Crippen LogP contribution in [0.3, 0.4) is 0 Å². The normalized spacial score (nSPS) is 36.5. The van der Waals surface area contributed by atoms with Crippen LogP contribution in [0.4, 0.5) is 0 Å². The molecule has 0 amide bonds. The zero-order valence-corrected chi connectivity index (χ0v) is 10.8. The van der Waals surface area contributed by atoms with Crippen molar-refractivity contribution in [3.8, 4) is 0 Å². The molecule has 0 bridgehead atoms. The van der Waals surface area contributed by atoms with E-state index in [1.54, 1.807) is 6.92 Å². The maximum absolute atomic E-state index is 11.1. The first-order valence-electron chi connectivity index (χ1n) is 6.49. The maximum Gasteiger partial charge on any atom is 0.129 e. The van der Waals surface area contributed by atoms with E-state index in [2.05, 4.69) is 20.8 Å². The Kier molecular flexibility index (Phi) is 4.36. The van der Waals surface area contributed by atoms with Crippen LogP contribution in [-0.4, -0.2) is 5.78 Å². The third-order valence-electron chi connectivity index (χ3n) is 4.60. The summed E-state index contributed by atoms with van der Waals surface area (Å²) in [6.07, 6.45) is 7.25. The molecule has 0 spiro atoms. The molecule has 1 aliphatic carbocycles. The van der Waals surface area contributed by atoms with Gasteiger partial charge in [0.15, 0.2) is 0 Å². The SMILES string of the molecule is CC[C@]1(C)CCC[C@H](C)[C@H]1CCC(C)=O. The van der Waals surface area contributed by atoms with Gasteiger partial charge < -0.3 is 4.79 Å². The van der Waals surface area contributed by atoms with Gasteiger partial charge in [-0.3, -0.25) is 0 Å². The molecule has 0 aromatic rings. The van der Waals surface area contributed by atoms with Crippen LogP contribution in [0.1, 0.15) is 66.2 Å². The first kappa shape index (κ1) is 12.7. The zero-order valence-electron chi connectivity index (χ0n) is 10.8. The van der Waals surface area contributed by atoms with Gasteiger partial charge in [0, 0.05) is 6.42 Å². The summed E-state index contributed by atoms with van der Waals surface area (Å²) in [4.78, 5) is 11.1. The smallest absolute Gasteiger partial charge is 0.129 e. The third-order valence-corrected chi connectivity index (χ3v) is 4.60. The van der Waals surface area contributed by atoms with E-state index >= 15 is 0 Å². The molecule has 0 heterocycles. The van der Waals surface area contributed by atoms with Gasteiger partial charge in [0.2, 0.25) is 0 Å². The van der Waals surface area contributed by atoms with E-state index in [4.69, 9.17) is 0 Å². The zero-order chi connectivity index (χ0) is 11.5. The number of Topliss-reactive ketones (excluding diaryl/α,β-unsaturated/α-hetero) is 1. The van der Waals surface area contributed by atoms with E-state index in [0.29, 0.717) is 11.2 Å². The van der Waals surface area contributed by atoms with Gasteiger partial charge >= 0.3 is 0 Å². The Morgan fingerprint density at radius 2 is 2.13 bits per heavy atom. The Labute approximate surface area is 94.6 Å². The topological polar surface area (TPSA) is 17.1 Å². The molecule has 0 aliphatic heterocycles. The van der Waals surface area contributed by atoms with E-state index < -0.39 is 0 Å². The highest BCUT2D eigenvalue weighted by Gasteiger charge is 2.38. The van der Waals surface area contributed by atoms with E-state index in [1.165, 1.54) is 25.7 Å². The van der Waals surface area contributed by atoms with Crippen molar-refractivity contribution in [1.82, 2.24) is 0 Å². The molecule has 1 fully saturated rings. The minimum absolute atomic E-state index is 0.353. The van der Waals surface area contributed by atoms with Crippen molar-refractivity contribution in [1.29, 1.82) is 0 Å². The van der Waals surface area contributed by atoms with Gasteiger partial charge in [0.05, 0.1) is 0 Å². The molecule has 88 valence electrons. The lowest BCUT2D eigenvalue weighted by Crippen LogP contribution is -2.35. The molecule has 0 aromatic carbocycles. The second kappa shape index (κ2) is 5.14. The number of hydrogen-bond donors (Lipinski definition) is 0. The van der Waals surface area contributed by atoms with Crippen molar-refractivity contribution >= 4 is 5.78 Å². The summed E-state index contributed by atoms with van der Waals surface area (Å²) in [5.41, 5.74) is 0.493. The summed E-state index contributed by atoms with van der Waals surface area (Å²) >= 11 is 0. The average Bonchev–Trinajstić information content (AvgIpc) is 2.16. The van der Waals surface area contributed by atoms with Crippen molar-refractivity contribution in [2.45, 2.75) is 66.2 Å². The van der Waals surface area contributed by atoms with Gasteiger partial charge in [-0.1, -0.05) is 40.0 Å². The first-order chi connectivity index (χ1) is 6.99. The van der Waals surface area contributed by atoms with Gasteiger partial charge in [-0.2, -0.15) is 0 Å². The molecule has 0 aromatic heterocycles. The molecular weight excluding hydrogens is 184 g/mol. The van der Waals surface area contributed by atoms with Gasteiger partial charge in [-0.25, -0.2) is 0 Å². The number of rotatable bonds is 4. The minimum Gasteiger partial charge on any atom is -0.300 e. The molecule has 0 radical (unpaired) electrons. The fraction of sp³-hybridized carbons (Fsp3) is 0.929. The van der Waals surface area contributed by atoms with Crippen molar-refractivity contribution in [3.05, 3.63) is 0 Å². The van der Waals surface area contributed by atoms with Crippen LogP contribution in [0.15, 0.2) is 0 Å². The quantitative estimate of drug-likeness (QED) is 0.679. The number of carbonyl (C=O) groups excluding carboxylic acids is 1. The van der Waals surface area contributed by atoms with Crippen LogP contribution in [0.5, 0.6) is 0 Å². The molecule has 1 aliphatic rings. The van der Waals surface area contributed by atoms with Crippen LogP contribution < -0.4 is 0 Å². The minimum atomic E-state index is 0.353. The summed E-state index contributed by atoms with van der Waals surface area (Å²) in [5.74, 6) is 1.93. The number of hydrogen-bond acceptors (Lipinski definition) is 1. The Morgan fingerprint density at radius 1 is 1.47 bits per heavy atom. The summed E-state index contributed by atoms with van der Waals surface area (Å²) in [5, 5.41) is 0. The molecular formula is C14H26O. The second-order valence-corrected chi connectivity index (χ2v) is 5.72. The monoisotopic (exact) mass is 210 g/mol. The average molecular weight is 210 g/mol. The summed E-state index contributed by atoms with van der Waals surface area (Å²) in [7, 11) is 0. The lowest BCUT2D eigenvalue weighted by atomic mass is 9.60. The highest BCUT2D eigenvalue weighted by atomic mass is 16.1. The molecule has 15 heavy (non-hydrogen) atoms. The third kappa shape index (κ3) is 3.06. The van der Waals surface area contributed by atoms with E-state index in [9.17, 15) is 4.79 Å². The van der Waals surface area contributed by atoms with Crippen LogP contribution >= 0.6 is 0 Å². The van der Waals surface area contributed by atoms with Crippen molar-refractivity contribution in [3.63, 3.8) is 0 Å². The van der Waals surface area contributed by atoms with Gasteiger partial charge in [0.1, 0.15) is 5.78 Å². The molecule has 3 atom stereocenters. The molecule has 0 unspecified atom stereocenters. The standard InChI is InChI=1S/C14H26O/c1-5-14(4)10-6-7-11(2)13(14)9-8-12(3)15/h11,13H,5-10H2,1-4H3/t11-,13+,14+/m0/s1. The summed E-state index contributed by atoms with van der Waals surface area (Å²) < 4.78 is 0. The Morgan fingerprint density at radius 3 is 2.67 bits per heavy atom. The summed E-state index contributed by atoms with van der Waals surface area (Å²) in [6, 6.07) is 0. The van der Waals surface area contributed by atoms with Crippen LogP contribution in [0, 0.1) is 17.3 Å². The first-order valence-corrected chi connectivity index (χ1v) is 6.49. The van der Waals surface area contributed by atoms with Crippen molar-refractivity contribution in [2.24, 2.45) is 17.3 Å². The molecule has 1 heteroatoms. The van der Waals surface area contributed by atoms with Gasteiger partial charge in [-0.05, 0) is 37.0 Å². The van der Waals surface area contributed by atoms with Crippen LogP contribution in [0.2, 0.25) is 0 Å². The van der Waals surface area contributed by atoms with E-state index in [-0.39, 0.29) is 0 Å². The lowest BCUT2D eigenvalue weighted by molar-refractivity contribution is -0.117. The molecule has 1 nitrogen and oxygen atoms in total. The highest BCUT2D eigenvalue weighted by Crippen LogP contribution is 2.48. The van der Waals surface area contributed by atoms with Crippen LogP contribution in [0.25, 0.3) is 0 Å². The Bertz CT molecular complexity index is 221. The Balaban J connectivity index is 2.64. The lowest BCUT2D eigenvalue weighted by Gasteiger charge is -2.45. The molecule has 1 saturated carbocycles. The predicted octanol–water partition coefficient (Wildman–Crippen LogP) is 4.21. The van der Waals surface area contributed by atoms with Crippen molar-refractivity contribution in [2.75, 3.05) is 0 Å². The van der Waals surface area contributed by atoms with Gasteiger partial charge in [-0.15, -0.1) is 0 Å². The highest BCUT2D eigenvalue weighted by molar-refractivity contribution is 5.75. The fourth-order valence-electron chi connectivity index (χ4n) is 3.33. The fourth-order valence-corrected chi connectivity index (χ4v) is 3.33. The van der Waals surface area contributed by atoms with E-state index in [0.717, 1.165) is 24.7 Å². The van der Waals surface area contributed by atoms with Crippen LogP contribution in [-0.2, 0) is 4.79 Å². The second-order valence-electron chi connectivity index (χ2n) is 5.72. The van der Waals surface area contributed by atoms with E-state index in [1.807, 2.05) is 0 Å².